The highest BCUT2D eigenvalue weighted by molar-refractivity contribution is 6.02. The Labute approximate surface area is 175 Å². The van der Waals surface area contributed by atoms with Crippen molar-refractivity contribution in [2.24, 2.45) is 0 Å². The summed E-state index contributed by atoms with van der Waals surface area (Å²) in [6, 6.07) is 19.4. The summed E-state index contributed by atoms with van der Waals surface area (Å²) >= 11 is 0. The van der Waals surface area contributed by atoms with Gasteiger partial charge < -0.3 is 19.9 Å². The fourth-order valence-electron chi connectivity index (χ4n) is 4.13. The molecule has 2 aliphatic rings. The molecule has 2 N–H and O–H groups in total. The number of aliphatic hydroxyl groups is 1. The van der Waals surface area contributed by atoms with Crippen LogP contribution < -0.4 is 14.8 Å². The van der Waals surface area contributed by atoms with E-state index in [1.807, 2.05) is 67.6 Å². The maximum Gasteiger partial charge on any atom is 0.235 e. The first-order chi connectivity index (χ1) is 14.6. The molecule has 152 valence electrons. The number of aryl methyl sites for hydroxylation is 1. The molecule has 3 aromatic rings. The summed E-state index contributed by atoms with van der Waals surface area (Å²) in [4.78, 5) is 13.2. The van der Waals surface area contributed by atoms with Crippen LogP contribution in [0.5, 0.6) is 11.5 Å². The molecule has 0 unspecified atom stereocenters. The highest BCUT2D eigenvalue weighted by Gasteiger charge is 2.51. The largest absolute Gasteiger partial charge is 0.454 e. The van der Waals surface area contributed by atoms with E-state index in [0.29, 0.717) is 5.75 Å². The van der Waals surface area contributed by atoms with E-state index in [2.05, 4.69) is 5.32 Å². The van der Waals surface area contributed by atoms with Crippen molar-refractivity contribution in [2.75, 3.05) is 12.1 Å². The van der Waals surface area contributed by atoms with E-state index in [-0.39, 0.29) is 19.3 Å². The number of rotatable bonds is 5. The van der Waals surface area contributed by atoms with Crippen molar-refractivity contribution in [3.63, 3.8) is 0 Å². The lowest BCUT2D eigenvalue weighted by atomic mass is 9.93. The van der Waals surface area contributed by atoms with Crippen molar-refractivity contribution >= 4 is 11.6 Å². The normalized spacial score (nSPS) is 15.7. The highest BCUT2D eigenvalue weighted by atomic mass is 16.7. The lowest BCUT2D eigenvalue weighted by Crippen LogP contribution is -2.27. The SMILES string of the molecule is Cc1ccc(NC(=O)C2(c3ccc4c(c3)OCO4)CC2)cc1-c1ccccc1CO. The van der Waals surface area contributed by atoms with E-state index in [1.165, 1.54) is 0 Å². The van der Waals surface area contributed by atoms with Gasteiger partial charge in [-0.25, -0.2) is 0 Å². The Kier molecular flexibility index (Phi) is 4.48. The first-order valence-electron chi connectivity index (χ1n) is 10.1. The molecule has 0 atom stereocenters. The molecule has 30 heavy (non-hydrogen) atoms. The number of amides is 1. The minimum Gasteiger partial charge on any atom is -0.454 e. The molecule has 0 saturated heterocycles. The fourth-order valence-corrected chi connectivity index (χ4v) is 4.13. The van der Waals surface area contributed by atoms with E-state index in [0.717, 1.165) is 52.1 Å². The number of hydrogen-bond donors (Lipinski definition) is 2. The maximum atomic E-state index is 13.2. The molecule has 5 heteroatoms. The van der Waals surface area contributed by atoms with Crippen molar-refractivity contribution < 1.29 is 19.4 Å². The third-order valence-electron chi connectivity index (χ3n) is 6.08. The first kappa shape index (κ1) is 18.7. The second-order valence-electron chi connectivity index (χ2n) is 7.95. The molecule has 0 radical (unpaired) electrons. The smallest absolute Gasteiger partial charge is 0.235 e. The van der Waals surface area contributed by atoms with Crippen LogP contribution in [0.3, 0.4) is 0 Å². The van der Waals surface area contributed by atoms with E-state index < -0.39 is 5.41 Å². The third kappa shape index (κ3) is 3.12. The number of nitrogens with one attached hydrogen (secondary N) is 1. The van der Waals surface area contributed by atoms with Crippen LogP contribution in [0, 0.1) is 6.92 Å². The topological polar surface area (TPSA) is 67.8 Å². The van der Waals surface area contributed by atoms with Gasteiger partial charge in [0.1, 0.15) is 0 Å². The van der Waals surface area contributed by atoms with Crippen molar-refractivity contribution in [3.05, 3.63) is 77.4 Å². The van der Waals surface area contributed by atoms with Crippen molar-refractivity contribution in [3.8, 4) is 22.6 Å². The molecule has 1 fully saturated rings. The van der Waals surface area contributed by atoms with Crippen molar-refractivity contribution in [2.45, 2.75) is 31.8 Å². The minimum absolute atomic E-state index is 0.00777. The van der Waals surface area contributed by atoms with E-state index in [9.17, 15) is 9.90 Å². The number of ether oxygens (including phenoxy) is 2. The number of carbonyl (C=O) groups is 1. The molecule has 5 nitrogen and oxygen atoms in total. The van der Waals surface area contributed by atoms with E-state index in [4.69, 9.17) is 9.47 Å². The molecular weight excluding hydrogens is 378 g/mol. The van der Waals surface area contributed by atoms with Gasteiger partial charge >= 0.3 is 0 Å². The summed E-state index contributed by atoms with van der Waals surface area (Å²) in [5.74, 6) is 1.41. The summed E-state index contributed by atoms with van der Waals surface area (Å²) in [6.07, 6.45) is 1.62. The average Bonchev–Trinajstić information content (AvgIpc) is 3.46. The van der Waals surface area contributed by atoms with Crippen LogP contribution in [0.1, 0.15) is 29.5 Å². The van der Waals surface area contributed by atoms with Gasteiger partial charge in [-0.1, -0.05) is 36.4 Å². The van der Waals surface area contributed by atoms with Gasteiger partial charge in [-0.15, -0.1) is 0 Å². The lowest BCUT2D eigenvalue weighted by molar-refractivity contribution is -0.118. The fraction of sp³-hybridized carbons (Fsp3) is 0.240. The van der Waals surface area contributed by atoms with Gasteiger partial charge in [-0.3, -0.25) is 4.79 Å². The molecule has 0 aromatic heterocycles. The second-order valence-corrected chi connectivity index (χ2v) is 7.95. The van der Waals surface area contributed by atoms with E-state index in [1.54, 1.807) is 0 Å². The van der Waals surface area contributed by atoms with Gasteiger partial charge in [-0.05, 0) is 71.8 Å². The van der Waals surface area contributed by atoms with Crippen LogP contribution in [0.15, 0.2) is 60.7 Å². The zero-order valence-electron chi connectivity index (χ0n) is 16.8. The minimum atomic E-state index is -0.519. The molecule has 1 aliphatic heterocycles. The Morgan fingerprint density at radius 1 is 1.00 bits per heavy atom. The first-order valence-corrected chi connectivity index (χ1v) is 10.1. The molecule has 1 aliphatic carbocycles. The Morgan fingerprint density at radius 2 is 1.80 bits per heavy atom. The molecular formula is C25H23NO4. The predicted octanol–water partition coefficient (Wildman–Crippen LogP) is 4.55. The number of carbonyl (C=O) groups excluding carboxylic acids is 1. The van der Waals surface area contributed by atoms with Crippen LogP contribution in [-0.4, -0.2) is 17.8 Å². The van der Waals surface area contributed by atoms with Crippen molar-refractivity contribution in [1.29, 1.82) is 0 Å². The third-order valence-corrected chi connectivity index (χ3v) is 6.08. The van der Waals surface area contributed by atoms with Gasteiger partial charge in [-0.2, -0.15) is 0 Å². The van der Waals surface area contributed by atoms with Crippen LogP contribution in [0.4, 0.5) is 5.69 Å². The van der Waals surface area contributed by atoms with Gasteiger partial charge in [0.05, 0.1) is 12.0 Å². The van der Waals surface area contributed by atoms with Crippen LogP contribution in [-0.2, 0) is 16.8 Å². The monoisotopic (exact) mass is 401 g/mol. The summed E-state index contributed by atoms with van der Waals surface area (Å²) in [6.45, 7) is 2.23. The van der Waals surface area contributed by atoms with Gasteiger partial charge in [0.2, 0.25) is 12.7 Å². The molecule has 1 saturated carbocycles. The second kappa shape index (κ2) is 7.18. The summed E-state index contributed by atoms with van der Waals surface area (Å²) in [7, 11) is 0. The Balaban J connectivity index is 1.43. The molecule has 1 amide bonds. The number of aliphatic hydroxyl groups excluding tert-OH is 1. The quantitative estimate of drug-likeness (QED) is 0.658. The van der Waals surface area contributed by atoms with Crippen LogP contribution in [0.25, 0.3) is 11.1 Å². The Hall–Kier alpha value is -3.31. The average molecular weight is 401 g/mol. The summed E-state index contributed by atoms with van der Waals surface area (Å²) in [5, 5.41) is 12.8. The molecule has 1 heterocycles. The zero-order chi connectivity index (χ0) is 20.7. The van der Waals surface area contributed by atoms with E-state index >= 15 is 0 Å². The Bertz CT molecular complexity index is 1130. The number of benzene rings is 3. The van der Waals surface area contributed by atoms with Gasteiger partial charge in [0.15, 0.2) is 11.5 Å². The molecule has 3 aromatic carbocycles. The van der Waals surface area contributed by atoms with Gasteiger partial charge in [0.25, 0.3) is 0 Å². The number of fused-ring (bicyclic) bond motifs is 1. The van der Waals surface area contributed by atoms with Crippen LogP contribution in [0.2, 0.25) is 0 Å². The zero-order valence-corrected chi connectivity index (χ0v) is 16.8. The molecule has 0 spiro atoms. The summed E-state index contributed by atoms with van der Waals surface area (Å²) in [5.41, 5.74) is 5.13. The van der Waals surface area contributed by atoms with Gasteiger partial charge in [0, 0.05) is 5.69 Å². The standard InChI is InChI=1S/C25H23NO4/c1-16-6-8-19(13-21(16)20-5-3-2-4-17(20)14-27)26-24(28)25(10-11-25)18-7-9-22-23(12-18)30-15-29-22/h2-9,12-13,27H,10-11,14-15H2,1H3,(H,26,28). The van der Waals surface area contributed by atoms with Crippen molar-refractivity contribution in [1.82, 2.24) is 0 Å². The molecule has 5 rings (SSSR count). The number of hydrogen-bond acceptors (Lipinski definition) is 4. The highest BCUT2D eigenvalue weighted by Crippen LogP contribution is 2.51. The van der Waals surface area contributed by atoms with Crippen LogP contribution >= 0.6 is 0 Å². The number of anilines is 1. The predicted molar refractivity (Wildman–Crippen MR) is 115 cm³/mol. The summed E-state index contributed by atoms with van der Waals surface area (Å²) < 4.78 is 10.9. The Morgan fingerprint density at radius 3 is 2.60 bits per heavy atom. The lowest BCUT2D eigenvalue weighted by Gasteiger charge is -2.18. The maximum absolute atomic E-state index is 13.2. The molecule has 0 bridgehead atoms.